The van der Waals surface area contributed by atoms with Crippen LogP contribution in [0.2, 0.25) is 0 Å². The van der Waals surface area contributed by atoms with Gasteiger partial charge < -0.3 is 4.81 Å². The van der Waals surface area contributed by atoms with E-state index in [0.29, 0.717) is 0 Å². The summed E-state index contributed by atoms with van der Waals surface area (Å²) in [4.78, 5) is 2.14. The Balaban J connectivity index is 2.14. The van der Waals surface area contributed by atoms with Crippen LogP contribution in [-0.4, -0.2) is 32.9 Å². The first kappa shape index (κ1) is 5.23. The molecule has 0 unspecified atom stereocenters. The maximum atomic E-state index is 5.23. The van der Waals surface area contributed by atoms with Gasteiger partial charge in [0.05, 0.1) is 0 Å². The van der Waals surface area contributed by atoms with Gasteiger partial charge in [-0.3, -0.25) is 0 Å². The molecule has 35 valence electrons. The number of rotatable bonds is 1. The van der Waals surface area contributed by atoms with Gasteiger partial charge in [0.25, 0.3) is 0 Å². The molecule has 1 nitrogen and oxygen atoms in total. The zero-order valence-corrected chi connectivity index (χ0v) is 4.43. The molecule has 0 amide bonds. The van der Waals surface area contributed by atoms with E-state index in [1.54, 1.807) is 7.31 Å². The molecule has 0 aromatic rings. The fraction of sp³-hybridized carbons (Fsp3) is 1.00. The molecule has 1 fully saturated rings. The van der Waals surface area contributed by atoms with Gasteiger partial charge in [0, 0.05) is 7.74 Å². The van der Waals surface area contributed by atoms with Gasteiger partial charge in [0.15, 0.2) is 0 Å². The van der Waals surface area contributed by atoms with E-state index in [-0.39, 0.29) is 0 Å². The van der Waals surface area contributed by atoms with Crippen molar-refractivity contribution in [2.75, 3.05) is 13.1 Å². The van der Waals surface area contributed by atoms with Gasteiger partial charge in [-0.1, -0.05) is 0 Å². The molecule has 1 rings (SSSR count). The monoisotopic (exact) mass is 92.1 g/mol. The first-order valence-electron chi connectivity index (χ1n) is 2.72. The Hall–Kier alpha value is 0.0899. The van der Waals surface area contributed by atoms with Crippen molar-refractivity contribution in [3.05, 3.63) is 0 Å². The second-order valence-electron chi connectivity index (χ2n) is 1.89. The minimum Gasteiger partial charge on any atom is -0.356 e. The third kappa shape index (κ3) is 1.23. The van der Waals surface area contributed by atoms with Gasteiger partial charge in [0.1, 0.15) is 7.31 Å². The SMILES string of the molecule is [B][B]N1CCCC1. The summed E-state index contributed by atoms with van der Waals surface area (Å²) >= 11 is 0. The van der Waals surface area contributed by atoms with Crippen molar-refractivity contribution < 1.29 is 0 Å². The molecule has 3 heteroatoms. The summed E-state index contributed by atoms with van der Waals surface area (Å²) in [6, 6.07) is 0. The Morgan fingerprint density at radius 2 is 1.86 bits per heavy atom. The van der Waals surface area contributed by atoms with Crippen molar-refractivity contribution >= 4 is 15.0 Å². The Bertz CT molecular complexity index is 51.7. The Labute approximate surface area is 46.7 Å². The highest BCUT2D eigenvalue weighted by atomic mass is 15.0. The van der Waals surface area contributed by atoms with Crippen molar-refractivity contribution in [3.8, 4) is 0 Å². The molecule has 0 spiro atoms. The molecule has 0 N–H and O–H groups in total. The molecule has 0 atom stereocenters. The second kappa shape index (κ2) is 2.41. The minimum atomic E-state index is 1.16. The highest BCUT2D eigenvalue weighted by molar-refractivity contribution is 6.87. The first-order chi connectivity index (χ1) is 3.43. The van der Waals surface area contributed by atoms with Gasteiger partial charge in [-0.2, -0.15) is 0 Å². The molecule has 1 aliphatic rings. The summed E-state index contributed by atoms with van der Waals surface area (Å²) in [7, 11) is 6.91. The average molecular weight is 91.7 g/mol. The van der Waals surface area contributed by atoms with Crippen LogP contribution in [0.5, 0.6) is 0 Å². The molecule has 0 aromatic heterocycles. The Morgan fingerprint density at radius 3 is 2.14 bits per heavy atom. The van der Waals surface area contributed by atoms with Gasteiger partial charge in [-0.05, 0) is 25.9 Å². The van der Waals surface area contributed by atoms with Crippen LogP contribution in [-0.2, 0) is 0 Å². The first-order valence-corrected chi connectivity index (χ1v) is 2.72. The predicted molar refractivity (Wildman–Crippen MR) is 32.3 cm³/mol. The third-order valence-corrected chi connectivity index (χ3v) is 1.35. The normalized spacial score (nSPS) is 22.9. The zero-order valence-electron chi connectivity index (χ0n) is 4.43. The Kier molecular flexibility index (Phi) is 1.80. The van der Waals surface area contributed by atoms with E-state index >= 15 is 0 Å². The molecule has 1 saturated heterocycles. The van der Waals surface area contributed by atoms with Crippen molar-refractivity contribution in [2.45, 2.75) is 12.8 Å². The summed E-state index contributed by atoms with van der Waals surface area (Å²) < 4.78 is 0. The van der Waals surface area contributed by atoms with Crippen molar-refractivity contribution in [2.24, 2.45) is 0 Å². The highest BCUT2D eigenvalue weighted by Gasteiger charge is 2.06. The minimum absolute atomic E-state index is 1.16. The van der Waals surface area contributed by atoms with E-state index in [1.807, 2.05) is 0 Å². The predicted octanol–water partition coefficient (Wildman–Crippen LogP) is -0.215. The topological polar surface area (TPSA) is 3.24 Å². The lowest BCUT2D eigenvalue weighted by Crippen LogP contribution is -2.23. The molecule has 0 aromatic carbocycles. The van der Waals surface area contributed by atoms with Crippen molar-refractivity contribution in [1.29, 1.82) is 0 Å². The number of hydrogen-bond donors (Lipinski definition) is 0. The second-order valence-corrected chi connectivity index (χ2v) is 1.89. The fourth-order valence-electron chi connectivity index (χ4n) is 0.891. The van der Waals surface area contributed by atoms with Crippen LogP contribution in [0.3, 0.4) is 0 Å². The molecule has 0 aliphatic carbocycles. The lowest BCUT2D eigenvalue weighted by atomic mass is 9.65. The lowest BCUT2D eigenvalue weighted by molar-refractivity contribution is 0.561. The molecule has 1 heterocycles. The van der Waals surface area contributed by atoms with Crippen molar-refractivity contribution in [1.82, 2.24) is 4.81 Å². The van der Waals surface area contributed by atoms with Gasteiger partial charge in [-0.15, -0.1) is 0 Å². The summed E-state index contributed by atoms with van der Waals surface area (Å²) in [6.07, 6.45) is 2.63. The van der Waals surface area contributed by atoms with Crippen LogP contribution in [0, 0.1) is 0 Å². The van der Waals surface area contributed by atoms with Crippen LogP contribution in [0.1, 0.15) is 12.8 Å². The van der Waals surface area contributed by atoms with E-state index in [0.717, 1.165) is 13.1 Å². The molecular formula is C4H8B2N. The maximum Gasteiger partial charge on any atom is 0.148 e. The summed E-state index contributed by atoms with van der Waals surface area (Å²) in [5.41, 5.74) is 0. The van der Waals surface area contributed by atoms with Crippen LogP contribution in [0.4, 0.5) is 0 Å². The van der Waals surface area contributed by atoms with Crippen LogP contribution < -0.4 is 0 Å². The fourth-order valence-corrected chi connectivity index (χ4v) is 0.891. The zero-order chi connectivity index (χ0) is 5.11. The van der Waals surface area contributed by atoms with E-state index in [9.17, 15) is 0 Å². The third-order valence-electron chi connectivity index (χ3n) is 1.35. The van der Waals surface area contributed by atoms with Crippen LogP contribution in [0.15, 0.2) is 0 Å². The van der Waals surface area contributed by atoms with Crippen LogP contribution >= 0.6 is 0 Å². The molecular weight excluding hydrogens is 83.7 g/mol. The molecule has 0 bridgehead atoms. The summed E-state index contributed by atoms with van der Waals surface area (Å²) in [5, 5.41) is 0. The van der Waals surface area contributed by atoms with E-state index in [1.165, 1.54) is 12.8 Å². The number of hydrogen-bond acceptors (Lipinski definition) is 1. The number of nitrogens with zero attached hydrogens (tertiary/aromatic N) is 1. The van der Waals surface area contributed by atoms with E-state index < -0.39 is 0 Å². The van der Waals surface area contributed by atoms with Gasteiger partial charge in [-0.25, -0.2) is 0 Å². The molecule has 3 radical (unpaired) electrons. The van der Waals surface area contributed by atoms with Crippen LogP contribution in [0.25, 0.3) is 0 Å². The molecule has 1 aliphatic heterocycles. The molecule has 0 saturated carbocycles. The van der Waals surface area contributed by atoms with Gasteiger partial charge >= 0.3 is 0 Å². The smallest absolute Gasteiger partial charge is 0.148 e. The maximum absolute atomic E-state index is 5.23. The van der Waals surface area contributed by atoms with Gasteiger partial charge in [0.2, 0.25) is 0 Å². The largest absolute Gasteiger partial charge is 0.356 e. The summed E-state index contributed by atoms with van der Waals surface area (Å²) in [5.74, 6) is 0. The van der Waals surface area contributed by atoms with Crippen molar-refractivity contribution in [3.63, 3.8) is 0 Å². The summed E-state index contributed by atoms with van der Waals surface area (Å²) in [6.45, 7) is 2.33. The lowest BCUT2D eigenvalue weighted by Gasteiger charge is -2.08. The van der Waals surface area contributed by atoms with E-state index in [4.69, 9.17) is 7.74 Å². The average Bonchev–Trinajstić information content (AvgIpc) is 2.14. The quantitative estimate of drug-likeness (QED) is 0.404. The standard InChI is InChI=1S/C4H8B2N/c5-6-7-3-1-2-4-7/h1-4H2. The highest BCUT2D eigenvalue weighted by Crippen LogP contribution is 2.03. The molecule has 7 heavy (non-hydrogen) atoms. The Morgan fingerprint density at radius 1 is 1.29 bits per heavy atom. The van der Waals surface area contributed by atoms with E-state index in [2.05, 4.69) is 4.81 Å².